The number of esters is 1. The van der Waals surface area contributed by atoms with Crippen molar-refractivity contribution >= 4 is 34.1 Å². The maximum absolute atomic E-state index is 11.1. The monoisotopic (exact) mass is 331 g/mol. The van der Waals surface area contributed by atoms with Crippen LogP contribution in [0.4, 0.5) is 0 Å². The molecule has 0 N–H and O–H groups in total. The maximum Gasteiger partial charge on any atom is 0.308 e. The van der Waals surface area contributed by atoms with Gasteiger partial charge in [-0.25, -0.2) is 0 Å². The Hall–Kier alpha value is -1.94. The van der Waals surface area contributed by atoms with E-state index in [1.54, 1.807) is 6.07 Å². The molecule has 0 aliphatic carbocycles. The minimum absolute atomic E-state index is 0.337. The number of benzene rings is 1. The molecule has 0 amide bonds. The number of rotatable bonds is 3. The molecule has 0 unspecified atom stereocenters. The van der Waals surface area contributed by atoms with Crippen molar-refractivity contribution in [3.05, 3.63) is 57.8 Å². The molecule has 2 aromatic rings. The number of nitrogens with zero attached hydrogens (tertiary/aromatic N) is 1. The van der Waals surface area contributed by atoms with Crippen molar-refractivity contribution in [3.8, 4) is 5.75 Å². The lowest BCUT2D eigenvalue weighted by Crippen LogP contribution is -2.02. The number of halogens is 1. The van der Waals surface area contributed by atoms with E-state index in [2.05, 4.69) is 20.9 Å². The molecule has 0 saturated heterocycles. The lowest BCUT2D eigenvalue weighted by Gasteiger charge is -2.06. The van der Waals surface area contributed by atoms with Crippen LogP contribution in [-0.2, 0) is 4.79 Å². The number of aromatic nitrogens is 1. The molecule has 1 aromatic carbocycles. The van der Waals surface area contributed by atoms with Gasteiger partial charge in [-0.3, -0.25) is 9.78 Å². The Balaban J connectivity index is 2.32. The number of carbonyl (C=O) groups excluding carboxylic acids is 1. The van der Waals surface area contributed by atoms with Crippen molar-refractivity contribution in [2.24, 2.45) is 0 Å². The number of pyridine rings is 1. The van der Waals surface area contributed by atoms with E-state index in [1.165, 1.54) is 6.92 Å². The second kappa shape index (κ2) is 6.48. The highest BCUT2D eigenvalue weighted by atomic mass is 79.9. The fourth-order valence-electron chi connectivity index (χ4n) is 1.73. The topological polar surface area (TPSA) is 39.2 Å². The third kappa shape index (κ3) is 4.03. The fourth-order valence-corrected chi connectivity index (χ4v) is 2.11. The SMILES string of the molecule is CC(=O)Oc1ccc(Br)cc1C=Cc1cccc(C)n1. The van der Waals surface area contributed by atoms with E-state index in [0.717, 1.165) is 21.4 Å². The Kier molecular flexibility index (Phi) is 4.69. The second-order valence-corrected chi connectivity index (χ2v) is 5.23. The van der Waals surface area contributed by atoms with Gasteiger partial charge in [-0.1, -0.05) is 22.0 Å². The van der Waals surface area contributed by atoms with E-state index in [4.69, 9.17) is 4.74 Å². The van der Waals surface area contributed by atoms with Crippen LogP contribution in [0.15, 0.2) is 40.9 Å². The Morgan fingerprint density at radius 3 is 2.75 bits per heavy atom. The van der Waals surface area contributed by atoms with Gasteiger partial charge in [0.2, 0.25) is 0 Å². The Bertz CT molecular complexity index is 665. The van der Waals surface area contributed by atoms with Crippen LogP contribution < -0.4 is 4.74 Å². The normalized spacial score (nSPS) is 10.8. The molecular weight excluding hydrogens is 318 g/mol. The first kappa shape index (κ1) is 14.5. The molecule has 0 aliphatic rings. The van der Waals surface area contributed by atoms with E-state index in [1.807, 2.05) is 49.4 Å². The van der Waals surface area contributed by atoms with Gasteiger partial charge >= 0.3 is 5.97 Å². The number of ether oxygens (including phenoxy) is 1. The lowest BCUT2D eigenvalue weighted by atomic mass is 10.1. The van der Waals surface area contributed by atoms with E-state index in [-0.39, 0.29) is 5.97 Å². The van der Waals surface area contributed by atoms with E-state index >= 15 is 0 Å². The van der Waals surface area contributed by atoms with Crippen LogP contribution in [0, 0.1) is 6.92 Å². The van der Waals surface area contributed by atoms with Crippen molar-refractivity contribution in [2.75, 3.05) is 0 Å². The van der Waals surface area contributed by atoms with Gasteiger partial charge in [-0.15, -0.1) is 0 Å². The molecular formula is C16H14BrNO2. The Labute approximate surface area is 126 Å². The summed E-state index contributed by atoms with van der Waals surface area (Å²) < 4.78 is 6.10. The minimum atomic E-state index is -0.337. The lowest BCUT2D eigenvalue weighted by molar-refractivity contribution is -0.131. The largest absolute Gasteiger partial charge is 0.426 e. The summed E-state index contributed by atoms with van der Waals surface area (Å²) in [6, 6.07) is 11.3. The Morgan fingerprint density at radius 2 is 2.05 bits per heavy atom. The smallest absolute Gasteiger partial charge is 0.308 e. The van der Waals surface area contributed by atoms with Crippen LogP contribution in [0.5, 0.6) is 5.75 Å². The van der Waals surface area contributed by atoms with E-state index in [9.17, 15) is 4.79 Å². The van der Waals surface area contributed by atoms with Crippen molar-refractivity contribution in [1.82, 2.24) is 4.98 Å². The summed E-state index contributed by atoms with van der Waals surface area (Å²) in [5.41, 5.74) is 2.64. The highest BCUT2D eigenvalue weighted by Gasteiger charge is 2.04. The average Bonchev–Trinajstić information content (AvgIpc) is 2.39. The van der Waals surface area contributed by atoms with Crippen molar-refractivity contribution in [1.29, 1.82) is 0 Å². The molecule has 0 bridgehead atoms. The molecule has 2 rings (SSSR count). The Morgan fingerprint density at radius 1 is 1.25 bits per heavy atom. The summed E-state index contributed by atoms with van der Waals surface area (Å²) in [7, 11) is 0. The van der Waals surface area contributed by atoms with Crippen LogP contribution >= 0.6 is 15.9 Å². The zero-order chi connectivity index (χ0) is 14.5. The molecule has 0 spiro atoms. The van der Waals surface area contributed by atoms with Crippen LogP contribution in [-0.4, -0.2) is 11.0 Å². The van der Waals surface area contributed by atoms with Gasteiger partial charge in [0.25, 0.3) is 0 Å². The fraction of sp³-hybridized carbons (Fsp3) is 0.125. The van der Waals surface area contributed by atoms with E-state index < -0.39 is 0 Å². The van der Waals surface area contributed by atoms with Crippen molar-refractivity contribution in [3.63, 3.8) is 0 Å². The summed E-state index contributed by atoms with van der Waals surface area (Å²) in [4.78, 5) is 15.5. The van der Waals surface area contributed by atoms with Crippen LogP contribution in [0.2, 0.25) is 0 Å². The average molecular weight is 332 g/mol. The third-order valence-corrected chi connectivity index (χ3v) is 3.06. The molecule has 1 heterocycles. The molecule has 102 valence electrons. The van der Waals surface area contributed by atoms with Gasteiger partial charge in [-0.2, -0.15) is 0 Å². The molecule has 0 atom stereocenters. The molecule has 0 saturated carbocycles. The molecule has 20 heavy (non-hydrogen) atoms. The summed E-state index contributed by atoms with van der Waals surface area (Å²) in [5, 5.41) is 0. The number of hydrogen-bond donors (Lipinski definition) is 0. The summed E-state index contributed by atoms with van der Waals surface area (Å²) in [6.45, 7) is 3.33. The second-order valence-electron chi connectivity index (χ2n) is 4.31. The van der Waals surface area contributed by atoms with Crippen molar-refractivity contribution in [2.45, 2.75) is 13.8 Å². The summed E-state index contributed by atoms with van der Waals surface area (Å²) in [6.07, 6.45) is 3.77. The third-order valence-electron chi connectivity index (χ3n) is 2.57. The van der Waals surface area contributed by atoms with Gasteiger partial charge in [0, 0.05) is 22.7 Å². The number of hydrogen-bond acceptors (Lipinski definition) is 3. The summed E-state index contributed by atoms with van der Waals surface area (Å²) in [5.74, 6) is 0.195. The van der Waals surface area contributed by atoms with Gasteiger partial charge in [-0.05, 0) is 49.4 Å². The van der Waals surface area contributed by atoms with Gasteiger partial charge in [0.1, 0.15) is 5.75 Å². The molecule has 0 fully saturated rings. The number of carbonyl (C=O) groups is 1. The standard InChI is InChI=1S/C16H14BrNO2/c1-11-4-3-5-15(18-11)8-6-13-10-14(17)7-9-16(13)20-12(2)19/h3-10H,1-2H3. The summed E-state index contributed by atoms with van der Waals surface area (Å²) >= 11 is 3.41. The van der Waals surface area contributed by atoms with Gasteiger partial charge in [0.15, 0.2) is 0 Å². The van der Waals surface area contributed by atoms with Gasteiger partial charge in [0.05, 0.1) is 5.69 Å². The molecule has 1 aromatic heterocycles. The van der Waals surface area contributed by atoms with Crippen LogP contribution in [0.3, 0.4) is 0 Å². The van der Waals surface area contributed by atoms with Crippen molar-refractivity contribution < 1.29 is 9.53 Å². The highest BCUT2D eigenvalue weighted by molar-refractivity contribution is 9.10. The minimum Gasteiger partial charge on any atom is -0.426 e. The molecule has 3 nitrogen and oxygen atoms in total. The maximum atomic E-state index is 11.1. The zero-order valence-electron chi connectivity index (χ0n) is 11.3. The van der Waals surface area contributed by atoms with Crippen LogP contribution in [0.1, 0.15) is 23.9 Å². The number of aryl methyl sites for hydroxylation is 1. The van der Waals surface area contributed by atoms with Gasteiger partial charge < -0.3 is 4.74 Å². The molecule has 0 radical (unpaired) electrons. The van der Waals surface area contributed by atoms with E-state index in [0.29, 0.717) is 5.75 Å². The quantitative estimate of drug-likeness (QED) is 0.623. The first-order valence-electron chi connectivity index (χ1n) is 6.14. The predicted molar refractivity (Wildman–Crippen MR) is 83.4 cm³/mol. The molecule has 4 heteroatoms. The zero-order valence-corrected chi connectivity index (χ0v) is 12.8. The highest BCUT2D eigenvalue weighted by Crippen LogP contribution is 2.25. The molecule has 0 aliphatic heterocycles. The predicted octanol–water partition coefficient (Wildman–Crippen LogP) is 4.25. The first-order valence-corrected chi connectivity index (χ1v) is 6.93. The first-order chi connectivity index (χ1) is 9.54. The van der Waals surface area contributed by atoms with Crippen LogP contribution in [0.25, 0.3) is 12.2 Å².